The fourth-order valence-electron chi connectivity index (χ4n) is 11.7. The zero-order valence-corrected chi connectivity index (χ0v) is 45.2. The van der Waals surface area contributed by atoms with Crippen molar-refractivity contribution < 1.29 is 0 Å². The molecule has 64 heavy (non-hydrogen) atoms. The Morgan fingerprint density at radius 2 is 0.594 bits per heavy atom. The van der Waals surface area contributed by atoms with E-state index in [9.17, 15) is 0 Å². The van der Waals surface area contributed by atoms with Crippen LogP contribution < -0.4 is 0 Å². The lowest BCUT2D eigenvalue weighted by atomic mass is 9.71. The maximum atomic E-state index is 2.67. The Morgan fingerprint density at radius 1 is 0.281 bits per heavy atom. The molecule has 12 nitrogen and oxygen atoms in total. The Hall–Kier alpha value is -0.480. The van der Waals surface area contributed by atoms with Crippen LogP contribution in [0.15, 0.2) is 0 Å². The predicted octanol–water partition coefficient (Wildman–Crippen LogP) is 4.14. The Morgan fingerprint density at radius 3 is 0.984 bits per heavy atom. The second-order valence-corrected chi connectivity index (χ2v) is 24.1. The van der Waals surface area contributed by atoms with Crippen LogP contribution in [0.2, 0.25) is 0 Å². The molecule has 376 valence electrons. The van der Waals surface area contributed by atoms with E-state index in [1.165, 1.54) is 183 Å². The zero-order valence-electron chi connectivity index (χ0n) is 45.2. The van der Waals surface area contributed by atoms with Crippen molar-refractivity contribution in [3.8, 4) is 0 Å². The van der Waals surface area contributed by atoms with Gasteiger partial charge < -0.3 is 29.4 Å². The summed E-state index contributed by atoms with van der Waals surface area (Å²) >= 11 is 0. The summed E-state index contributed by atoms with van der Waals surface area (Å²) in [5, 5.41) is 0. The minimum atomic E-state index is 0.719. The quantitative estimate of drug-likeness (QED) is 0.370. The molecule has 0 atom stereocenters. The van der Waals surface area contributed by atoms with E-state index in [1.807, 2.05) is 0 Å². The molecule has 0 bridgehead atoms. The Balaban J connectivity index is 0.000000151. The molecule has 9 heterocycles. The van der Waals surface area contributed by atoms with Gasteiger partial charge in [-0.3, -0.25) is 29.4 Å². The fourth-order valence-corrected chi connectivity index (χ4v) is 11.7. The third-order valence-corrected chi connectivity index (χ3v) is 17.2. The number of likely N-dealkylation sites (tertiary alicyclic amines) is 6. The highest BCUT2D eigenvalue weighted by Gasteiger charge is 2.45. The molecule has 9 aliphatic heterocycles. The van der Waals surface area contributed by atoms with E-state index < -0.39 is 0 Å². The molecule has 12 heteroatoms. The zero-order chi connectivity index (χ0) is 46.8. The third-order valence-electron chi connectivity index (χ3n) is 17.2. The lowest BCUT2D eigenvalue weighted by molar-refractivity contribution is -0.0586. The highest BCUT2D eigenvalue weighted by molar-refractivity contribution is 4.99. The van der Waals surface area contributed by atoms with Crippen molar-refractivity contribution in [3.05, 3.63) is 0 Å². The standard InChI is InChI=1S/2C11H23N3.2C11H22N2.C8H18N2/c1-10(2)13-4-6-14(7-5-13)11-8-12(3)9-11;1-10(2)14-8-11(9-14)13-6-4-12(3)5-7-13;1-10(2)13-6-4-11(5-7-13)8-12(3)9-11;1-10(2)13-8-11(9-13)4-6-12(3)7-5-11;1-8(2)10-6-4-9(3)5-7-10/h2*10-11H,4-9H2,1-3H3;2*10H,4-9H2,1-3H3;8H,4-7H2,1-3H3. The Bertz CT molecular complexity index is 1240. The molecule has 0 saturated carbocycles. The van der Waals surface area contributed by atoms with Gasteiger partial charge in [0, 0.05) is 173 Å². The van der Waals surface area contributed by atoms with E-state index in [0.717, 1.165) is 53.1 Å². The average Bonchev–Trinajstić information content (AvgIpc) is 3.20. The van der Waals surface area contributed by atoms with Crippen LogP contribution in [0.4, 0.5) is 0 Å². The molecule has 0 aromatic heterocycles. The molecular formula is C52H108N12. The summed E-state index contributed by atoms with van der Waals surface area (Å²) in [4.78, 5) is 30.3. The third kappa shape index (κ3) is 16.3. The van der Waals surface area contributed by atoms with Crippen molar-refractivity contribution in [1.82, 2.24) is 58.8 Å². The van der Waals surface area contributed by atoms with Gasteiger partial charge in [0.15, 0.2) is 0 Å². The number of nitrogens with zero attached hydrogens (tertiary/aromatic N) is 12. The Kier molecular flexibility index (Phi) is 21.6. The monoisotopic (exact) mass is 901 g/mol. The van der Waals surface area contributed by atoms with Gasteiger partial charge in [0.2, 0.25) is 0 Å². The highest BCUT2D eigenvalue weighted by Crippen LogP contribution is 2.41. The van der Waals surface area contributed by atoms with Crippen LogP contribution in [-0.4, -0.2) is 293 Å². The number of hydrogen-bond donors (Lipinski definition) is 0. The van der Waals surface area contributed by atoms with Gasteiger partial charge >= 0.3 is 0 Å². The van der Waals surface area contributed by atoms with Crippen LogP contribution in [-0.2, 0) is 0 Å². The minimum absolute atomic E-state index is 0.719. The van der Waals surface area contributed by atoms with Crippen LogP contribution >= 0.6 is 0 Å². The van der Waals surface area contributed by atoms with Crippen LogP contribution in [0.5, 0.6) is 0 Å². The van der Waals surface area contributed by atoms with Gasteiger partial charge in [-0.25, -0.2) is 0 Å². The molecule has 9 aliphatic rings. The van der Waals surface area contributed by atoms with E-state index in [4.69, 9.17) is 0 Å². The number of hydrogen-bond acceptors (Lipinski definition) is 12. The molecule has 0 aromatic rings. The normalized spacial score (nSPS) is 28.1. The van der Waals surface area contributed by atoms with Crippen molar-refractivity contribution in [2.45, 2.75) is 137 Å². The SMILES string of the molecule is CC(C)N1CC(N2CCN(C)CC2)C1.CC(C)N1CC2(CCN(C)CC2)C1.CC(C)N1CCC2(CC1)CN(C)C2.CC(C)N1CCN(C)CC1.CC(C)N1CCN(C2CN(C)C2)CC1. The van der Waals surface area contributed by atoms with Crippen LogP contribution in [0.1, 0.15) is 94.9 Å². The minimum Gasteiger partial charge on any atom is -0.306 e. The number of likely N-dealkylation sites (N-methyl/N-ethyl adjacent to an activating group) is 3. The molecule has 0 N–H and O–H groups in total. The second-order valence-electron chi connectivity index (χ2n) is 24.1. The van der Waals surface area contributed by atoms with Gasteiger partial charge in [-0.15, -0.1) is 0 Å². The first-order valence-electron chi connectivity index (χ1n) is 26.9. The molecule has 0 aliphatic carbocycles. The van der Waals surface area contributed by atoms with Crippen molar-refractivity contribution in [2.75, 3.05) is 192 Å². The maximum Gasteiger partial charge on any atom is 0.0351 e. The predicted molar refractivity (Wildman–Crippen MR) is 275 cm³/mol. The number of piperazine rings is 3. The molecule has 0 aromatic carbocycles. The highest BCUT2D eigenvalue weighted by atomic mass is 15.4. The largest absolute Gasteiger partial charge is 0.306 e. The van der Waals surface area contributed by atoms with Gasteiger partial charge in [0.05, 0.1) is 0 Å². The first kappa shape index (κ1) is 54.5. The van der Waals surface area contributed by atoms with E-state index in [0.29, 0.717) is 0 Å². The van der Waals surface area contributed by atoms with E-state index in [1.54, 1.807) is 0 Å². The van der Waals surface area contributed by atoms with E-state index >= 15 is 0 Å². The summed E-state index contributed by atoms with van der Waals surface area (Å²) in [5.74, 6) is 0. The molecule has 2 spiro atoms. The van der Waals surface area contributed by atoms with E-state index in [-0.39, 0.29) is 0 Å². The summed E-state index contributed by atoms with van der Waals surface area (Å²) in [5.41, 5.74) is 1.44. The van der Waals surface area contributed by atoms with Crippen molar-refractivity contribution >= 4 is 0 Å². The molecule has 9 rings (SSSR count). The molecule has 0 amide bonds. The molecule has 0 unspecified atom stereocenters. The van der Waals surface area contributed by atoms with Crippen LogP contribution in [0, 0.1) is 10.8 Å². The van der Waals surface area contributed by atoms with Gasteiger partial charge in [-0.2, -0.15) is 0 Å². The Labute approximate surface area is 397 Å². The molecule has 9 saturated heterocycles. The molecular weight excluding hydrogens is 793 g/mol. The van der Waals surface area contributed by atoms with Crippen molar-refractivity contribution in [2.24, 2.45) is 10.8 Å². The van der Waals surface area contributed by atoms with E-state index in [2.05, 4.69) is 163 Å². The van der Waals surface area contributed by atoms with Gasteiger partial charge in [0.25, 0.3) is 0 Å². The fraction of sp³-hybridized carbons (Fsp3) is 1.00. The summed E-state index contributed by atoms with van der Waals surface area (Å²) in [6.07, 6.45) is 5.70. The van der Waals surface area contributed by atoms with Crippen LogP contribution in [0.25, 0.3) is 0 Å². The van der Waals surface area contributed by atoms with Crippen LogP contribution in [0.3, 0.4) is 0 Å². The lowest BCUT2D eigenvalue weighted by Gasteiger charge is -2.55. The smallest absolute Gasteiger partial charge is 0.0351 e. The van der Waals surface area contributed by atoms with Gasteiger partial charge in [0.1, 0.15) is 0 Å². The van der Waals surface area contributed by atoms with Gasteiger partial charge in [-0.1, -0.05) is 0 Å². The van der Waals surface area contributed by atoms with Gasteiger partial charge in [-0.05, 0) is 167 Å². The summed E-state index contributed by atoms with van der Waals surface area (Å²) in [6, 6.07) is 5.40. The van der Waals surface area contributed by atoms with Crippen molar-refractivity contribution in [1.29, 1.82) is 0 Å². The lowest BCUT2D eigenvalue weighted by Crippen LogP contribution is -2.64. The van der Waals surface area contributed by atoms with Crippen molar-refractivity contribution in [3.63, 3.8) is 0 Å². The molecule has 9 fully saturated rings. The number of piperidine rings is 2. The average molecular weight is 902 g/mol. The summed E-state index contributed by atoms with van der Waals surface area (Å²) in [6.45, 7) is 53.9. The first-order chi connectivity index (χ1) is 30.3. The maximum absolute atomic E-state index is 2.67. The summed E-state index contributed by atoms with van der Waals surface area (Å²) < 4.78 is 0. The topological polar surface area (TPSA) is 38.9 Å². The second kappa shape index (κ2) is 25.4. The summed E-state index contributed by atoms with van der Waals surface area (Å²) in [7, 11) is 11.1. The first-order valence-corrected chi connectivity index (χ1v) is 26.9. The molecule has 0 radical (unpaired) electrons. The number of rotatable bonds is 7.